The van der Waals surface area contributed by atoms with Gasteiger partial charge in [0.2, 0.25) is 0 Å². The Morgan fingerprint density at radius 2 is 1.62 bits per heavy atom. The van der Waals surface area contributed by atoms with Crippen molar-refractivity contribution >= 4 is 5.82 Å². The fourth-order valence-electron chi connectivity index (χ4n) is 3.78. The fourth-order valence-corrected chi connectivity index (χ4v) is 3.78. The molecule has 1 aromatic heterocycles. The van der Waals surface area contributed by atoms with Crippen LogP contribution in [0.15, 0.2) is 36.7 Å². The van der Waals surface area contributed by atoms with Gasteiger partial charge in [0, 0.05) is 44.8 Å². The molecule has 3 heterocycles. The largest absolute Gasteiger partial charge is 0.353 e. The fraction of sp³-hybridized carbons (Fsp3) is 0.500. The van der Waals surface area contributed by atoms with Crippen LogP contribution in [0.2, 0.25) is 0 Å². The zero-order valence-electron chi connectivity index (χ0n) is 15.1. The summed E-state index contributed by atoms with van der Waals surface area (Å²) in [6, 6.07) is 6.53. The number of benzene rings is 1. The number of halogens is 1. The topological polar surface area (TPSA) is 35.5 Å². The standard InChI is InChI=1S/C20H26FN5/c21-18-5-3-4-17(14-18)19-15-22-16-20(23-19)26-12-10-25(11-13-26)9-8-24-6-1-2-7-24/h3-5,14-16H,1-2,6-13H2. The van der Waals surface area contributed by atoms with E-state index in [1.807, 2.05) is 12.3 Å². The van der Waals surface area contributed by atoms with Crippen molar-refractivity contribution in [1.29, 1.82) is 0 Å². The second kappa shape index (κ2) is 8.10. The molecule has 2 aromatic rings. The van der Waals surface area contributed by atoms with E-state index in [1.54, 1.807) is 12.3 Å². The Morgan fingerprint density at radius 3 is 2.35 bits per heavy atom. The summed E-state index contributed by atoms with van der Waals surface area (Å²) >= 11 is 0. The molecule has 138 valence electrons. The van der Waals surface area contributed by atoms with E-state index in [1.165, 1.54) is 44.6 Å². The van der Waals surface area contributed by atoms with E-state index < -0.39 is 0 Å². The molecule has 2 aliphatic rings. The number of hydrogen-bond donors (Lipinski definition) is 0. The highest BCUT2D eigenvalue weighted by atomic mass is 19.1. The van der Waals surface area contributed by atoms with Gasteiger partial charge in [-0.3, -0.25) is 9.88 Å². The van der Waals surface area contributed by atoms with Gasteiger partial charge in [0.25, 0.3) is 0 Å². The molecule has 0 N–H and O–H groups in total. The Bertz CT molecular complexity index is 724. The molecule has 0 spiro atoms. The quantitative estimate of drug-likeness (QED) is 0.823. The van der Waals surface area contributed by atoms with E-state index in [9.17, 15) is 4.39 Å². The van der Waals surface area contributed by atoms with Crippen LogP contribution in [0.25, 0.3) is 11.3 Å². The number of aromatic nitrogens is 2. The molecule has 2 saturated heterocycles. The molecule has 0 saturated carbocycles. The van der Waals surface area contributed by atoms with Gasteiger partial charge in [0.1, 0.15) is 11.6 Å². The van der Waals surface area contributed by atoms with Gasteiger partial charge < -0.3 is 9.80 Å². The molecule has 0 amide bonds. The SMILES string of the molecule is Fc1cccc(-c2cncc(N3CCN(CCN4CCCC4)CC3)n2)c1. The first kappa shape index (κ1) is 17.4. The van der Waals surface area contributed by atoms with Crippen molar-refractivity contribution in [2.75, 3.05) is 57.3 Å². The van der Waals surface area contributed by atoms with Crippen molar-refractivity contribution in [1.82, 2.24) is 19.8 Å². The lowest BCUT2D eigenvalue weighted by Crippen LogP contribution is -2.48. The third-order valence-corrected chi connectivity index (χ3v) is 5.37. The smallest absolute Gasteiger partial charge is 0.147 e. The molecule has 5 nitrogen and oxygen atoms in total. The zero-order chi connectivity index (χ0) is 17.8. The van der Waals surface area contributed by atoms with Crippen molar-refractivity contribution in [2.24, 2.45) is 0 Å². The summed E-state index contributed by atoms with van der Waals surface area (Å²) in [6.45, 7) is 8.91. The minimum Gasteiger partial charge on any atom is -0.353 e. The molecule has 26 heavy (non-hydrogen) atoms. The van der Waals surface area contributed by atoms with Gasteiger partial charge in [-0.1, -0.05) is 12.1 Å². The van der Waals surface area contributed by atoms with Crippen molar-refractivity contribution in [3.05, 3.63) is 42.5 Å². The minimum absolute atomic E-state index is 0.249. The molecular weight excluding hydrogens is 329 g/mol. The average Bonchev–Trinajstić information content (AvgIpc) is 3.21. The van der Waals surface area contributed by atoms with Gasteiger partial charge in [0.15, 0.2) is 0 Å². The third kappa shape index (κ3) is 4.19. The summed E-state index contributed by atoms with van der Waals surface area (Å²) in [4.78, 5) is 16.4. The van der Waals surface area contributed by atoms with Crippen molar-refractivity contribution in [3.63, 3.8) is 0 Å². The second-order valence-electron chi connectivity index (χ2n) is 7.15. The molecule has 2 fully saturated rings. The summed E-state index contributed by atoms with van der Waals surface area (Å²) in [7, 11) is 0. The number of nitrogens with zero attached hydrogens (tertiary/aromatic N) is 5. The van der Waals surface area contributed by atoms with Crippen LogP contribution in [0.1, 0.15) is 12.8 Å². The molecule has 0 unspecified atom stereocenters. The van der Waals surface area contributed by atoms with Crippen LogP contribution >= 0.6 is 0 Å². The molecule has 1 aromatic carbocycles. The molecule has 0 atom stereocenters. The second-order valence-corrected chi connectivity index (χ2v) is 7.15. The number of piperazine rings is 1. The highest BCUT2D eigenvalue weighted by molar-refractivity contribution is 5.60. The molecule has 0 radical (unpaired) electrons. The van der Waals surface area contributed by atoms with Crippen molar-refractivity contribution < 1.29 is 4.39 Å². The number of anilines is 1. The van der Waals surface area contributed by atoms with Crippen LogP contribution in [0.3, 0.4) is 0 Å². The normalized spacial score (nSPS) is 19.2. The van der Waals surface area contributed by atoms with E-state index in [0.717, 1.165) is 49.8 Å². The predicted molar refractivity (Wildman–Crippen MR) is 102 cm³/mol. The highest BCUT2D eigenvalue weighted by Crippen LogP contribution is 2.21. The number of hydrogen-bond acceptors (Lipinski definition) is 5. The lowest BCUT2D eigenvalue weighted by Gasteiger charge is -2.36. The highest BCUT2D eigenvalue weighted by Gasteiger charge is 2.20. The summed E-state index contributed by atoms with van der Waals surface area (Å²) < 4.78 is 13.5. The average molecular weight is 355 g/mol. The Labute approximate surface area is 154 Å². The first-order valence-corrected chi connectivity index (χ1v) is 9.55. The maximum Gasteiger partial charge on any atom is 0.147 e. The molecule has 4 rings (SSSR count). The van der Waals surface area contributed by atoms with Gasteiger partial charge in [-0.2, -0.15) is 0 Å². The third-order valence-electron chi connectivity index (χ3n) is 5.37. The Balaban J connectivity index is 1.35. The summed E-state index contributed by atoms with van der Waals surface area (Å²) in [5.74, 6) is 0.632. The van der Waals surface area contributed by atoms with Crippen molar-refractivity contribution in [3.8, 4) is 11.3 Å². The molecule has 2 aliphatic heterocycles. The lowest BCUT2D eigenvalue weighted by atomic mass is 10.1. The Kier molecular flexibility index (Phi) is 5.41. The minimum atomic E-state index is -0.249. The van der Waals surface area contributed by atoms with Crippen LogP contribution in [0, 0.1) is 5.82 Å². The number of likely N-dealkylation sites (tertiary alicyclic amines) is 1. The van der Waals surface area contributed by atoms with Gasteiger partial charge in [-0.25, -0.2) is 9.37 Å². The molecule has 6 heteroatoms. The maximum absolute atomic E-state index is 13.5. The molecule has 0 aliphatic carbocycles. The molecule has 0 bridgehead atoms. The maximum atomic E-state index is 13.5. The first-order valence-electron chi connectivity index (χ1n) is 9.55. The van der Waals surface area contributed by atoms with E-state index in [0.29, 0.717) is 0 Å². The monoisotopic (exact) mass is 355 g/mol. The van der Waals surface area contributed by atoms with Gasteiger partial charge in [0.05, 0.1) is 18.1 Å². The van der Waals surface area contributed by atoms with E-state index in [2.05, 4.69) is 19.7 Å². The van der Waals surface area contributed by atoms with Crippen LogP contribution in [0.5, 0.6) is 0 Å². The predicted octanol–water partition coefficient (Wildman–Crippen LogP) is 2.50. The van der Waals surface area contributed by atoms with Gasteiger partial charge in [-0.15, -0.1) is 0 Å². The van der Waals surface area contributed by atoms with E-state index in [4.69, 9.17) is 4.98 Å². The Hall–Kier alpha value is -2.05. The van der Waals surface area contributed by atoms with E-state index in [-0.39, 0.29) is 5.82 Å². The zero-order valence-corrected chi connectivity index (χ0v) is 15.1. The van der Waals surface area contributed by atoms with Gasteiger partial charge in [-0.05, 0) is 38.1 Å². The number of rotatable bonds is 5. The van der Waals surface area contributed by atoms with Crippen LogP contribution in [-0.2, 0) is 0 Å². The summed E-state index contributed by atoms with van der Waals surface area (Å²) in [5.41, 5.74) is 1.49. The van der Waals surface area contributed by atoms with Gasteiger partial charge >= 0.3 is 0 Å². The molecular formula is C20H26FN5. The van der Waals surface area contributed by atoms with Crippen LogP contribution < -0.4 is 4.90 Å². The van der Waals surface area contributed by atoms with Crippen LogP contribution in [-0.4, -0.2) is 72.1 Å². The lowest BCUT2D eigenvalue weighted by molar-refractivity contribution is 0.215. The summed E-state index contributed by atoms with van der Waals surface area (Å²) in [6.07, 6.45) is 6.22. The van der Waals surface area contributed by atoms with Crippen LogP contribution in [0.4, 0.5) is 10.2 Å². The van der Waals surface area contributed by atoms with E-state index >= 15 is 0 Å². The first-order chi connectivity index (χ1) is 12.8. The Morgan fingerprint density at radius 1 is 0.885 bits per heavy atom. The summed E-state index contributed by atoms with van der Waals surface area (Å²) in [5, 5.41) is 0. The van der Waals surface area contributed by atoms with Crippen molar-refractivity contribution in [2.45, 2.75) is 12.8 Å².